The monoisotopic (exact) mass is 396 g/mol. The van der Waals surface area contributed by atoms with Crippen LogP contribution in [0.15, 0.2) is 67.0 Å². The molecule has 150 valence electrons. The number of fused-ring (bicyclic) bond motifs is 3. The molecular formula is C25H24N4O. The summed E-state index contributed by atoms with van der Waals surface area (Å²) in [7, 11) is 0. The van der Waals surface area contributed by atoms with Crippen LogP contribution in [-0.4, -0.2) is 27.4 Å². The Balaban J connectivity index is 1.57. The number of aromatic nitrogens is 2. The van der Waals surface area contributed by atoms with Gasteiger partial charge in [-0.05, 0) is 60.7 Å². The van der Waals surface area contributed by atoms with Gasteiger partial charge in [-0.25, -0.2) is 4.79 Å². The van der Waals surface area contributed by atoms with Crippen LogP contribution in [0.1, 0.15) is 34.0 Å². The van der Waals surface area contributed by atoms with E-state index in [-0.39, 0.29) is 12.1 Å². The largest absolute Gasteiger partial charge is 0.356 e. The third-order valence-corrected chi connectivity index (χ3v) is 6.14. The second kappa shape index (κ2) is 7.34. The van der Waals surface area contributed by atoms with Crippen LogP contribution in [0.5, 0.6) is 0 Å². The molecule has 0 saturated carbocycles. The molecule has 5 rings (SSSR count). The number of para-hydroxylation sites is 1. The summed E-state index contributed by atoms with van der Waals surface area (Å²) in [5.41, 5.74) is 7.57. The number of H-pyrrole nitrogens is 1. The molecule has 2 N–H and O–H groups in total. The number of carbonyl (C=O) groups excluding carboxylic acids is 1. The van der Waals surface area contributed by atoms with Crippen molar-refractivity contribution in [2.75, 3.05) is 11.9 Å². The number of rotatable bonds is 2. The molecule has 2 aromatic heterocycles. The maximum atomic E-state index is 13.4. The summed E-state index contributed by atoms with van der Waals surface area (Å²) in [6, 6.07) is 18.0. The van der Waals surface area contributed by atoms with Gasteiger partial charge in [-0.15, -0.1) is 0 Å². The third kappa shape index (κ3) is 3.03. The summed E-state index contributed by atoms with van der Waals surface area (Å²) in [5, 5.41) is 4.37. The smallest absolute Gasteiger partial charge is 0.322 e. The fraction of sp³-hybridized carbons (Fsp3) is 0.200. The summed E-state index contributed by atoms with van der Waals surface area (Å²) in [6.07, 6.45) is 4.43. The molecule has 1 atom stereocenters. The first kappa shape index (κ1) is 18.4. The van der Waals surface area contributed by atoms with Crippen LogP contribution in [-0.2, 0) is 6.42 Å². The van der Waals surface area contributed by atoms with Gasteiger partial charge in [-0.2, -0.15) is 0 Å². The van der Waals surface area contributed by atoms with Crippen molar-refractivity contribution in [3.63, 3.8) is 0 Å². The van der Waals surface area contributed by atoms with Crippen molar-refractivity contribution in [1.82, 2.24) is 14.9 Å². The van der Waals surface area contributed by atoms with Gasteiger partial charge in [0.15, 0.2) is 0 Å². The number of anilines is 1. The first-order chi connectivity index (χ1) is 14.6. The van der Waals surface area contributed by atoms with Crippen molar-refractivity contribution in [3.05, 3.63) is 94.9 Å². The van der Waals surface area contributed by atoms with Gasteiger partial charge >= 0.3 is 6.03 Å². The van der Waals surface area contributed by atoms with Crippen molar-refractivity contribution < 1.29 is 4.79 Å². The lowest BCUT2D eigenvalue weighted by Crippen LogP contribution is -2.43. The average Bonchev–Trinajstić information content (AvgIpc) is 3.15. The molecular weight excluding hydrogens is 372 g/mol. The molecule has 1 aliphatic rings. The van der Waals surface area contributed by atoms with Gasteiger partial charge in [-0.3, -0.25) is 4.98 Å². The highest BCUT2D eigenvalue weighted by Gasteiger charge is 2.34. The topological polar surface area (TPSA) is 61.0 Å². The summed E-state index contributed by atoms with van der Waals surface area (Å²) in [6.45, 7) is 4.74. The van der Waals surface area contributed by atoms with Crippen LogP contribution in [0, 0.1) is 13.8 Å². The van der Waals surface area contributed by atoms with Crippen LogP contribution >= 0.6 is 0 Å². The summed E-state index contributed by atoms with van der Waals surface area (Å²) in [5.74, 6) is 0. The molecule has 4 aromatic rings. The molecule has 2 amide bonds. The molecule has 0 bridgehead atoms. The van der Waals surface area contributed by atoms with Crippen molar-refractivity contribution in [2.24, 2.45) is 0 Å². The molecule has 3 heterocycles. The molecule has 30 heavy (non-hydrogen) atoms. The quantitative estimate of drug-likeness (QED) is 0.479. The van der Waals surface area contributed by atoms with E-state index in [4.69, 9.17) is 0 Å². The maximum absolute atomic E-state index is 13.4. The van der Waals surface area contributed by atoms with Gasteiger partial charge in [0.2, 0.25) is 0 Å². The van der Waals surface area contributed by atoms with Crippen molar-refractivity contribution >= 4 is 22.6 Å². The number of aryl methyl sites for hydroxylation is 1. The molecule has 5 nitrogen and oxygen atoms in total. The molecule has 1 aliphatic heterocycles. The standard InChI is InChI=1S/C25H24N4O/c1-16-7-5-11-21(17(16)2)28-25(30)29-14-12-20-19-9-3-4-10-22(19)27-23(20)24(29)18-8-6-13-26-15-18/h3-11,13,15,24,27H,12,14H2,1-2H3,(H,28,30). The highest BCUT2D eigenvalue weighted by Crippen LogP contribution is 2.38. The fourth-order valence-electron chi connectivity index (χ4n) is 4.42. The molecule has 2 aromatic carbocycles. The van der Waals surface area contributed by atoms with Gasteiger partial charge < -0.3 is 15.2 Å². The Labute approximate surface area is 175 Å². The van der Waals surface area contributed by atoms with Crippen molar-refractivity contribution in [1.29, 1.82) is 0 Å². The molecule has 5 heteroatoms. The van der Waals surface area contributed by atoms with Gasteiger partial charge in [0.05, 0.1) is 0 Å². The lowest BCUT2D eigenvalue weighted by atomic mass is 9.93. The fourth-order valence-corrected chi connectivity index (χ4v) is 4.42. The summed E-state index contributed by atoms with van der Waals surface area (Å²) >= 11 is 0. The Bertz CT molecular complexity index is 1230. The highest BCUT2D eigenvalue weighted by atomic mass is 16.2. The first-order valence-electron chi connectivity index (χ1n) is 10.3. The number of urea groups is 1. The minimum atomic E-state index is -0.208. The zero-order chi connectivity index (χ0) is 20.7. The second-order valence-electron chi connectivity index (χ2n) is 7.87. The Morgan fingerprint density at radius 2 is 1.97 bits per heavy atom. The number of aromatic amines is 1. The number of hydrogen-bond donors (Lipinski definition) is 2. The van der Waals surface area contributed by atoms with Gasteiger partial charge in [0.25, 0.3) is 0 Å². The summed E-state index contributed by atoms with van der Waals surface area (Å²) in [4.78, 5) is 23.2. The lowest BCUT2D eigenvalue weighted by Gasteiger charge is -2.36. The van der Waals surface area contributed by atoms with Gasteiger partial charge in [0, 0.05) is 41.2 Å². The molecule has 0 aliphatic carbocycles. The van der Waals surface area contributed by atoms with E-state index in [0.29, 0.717) is 6.54 Å². The second-order valence-corrected chi connectivity index (χ2v) is 7.87. The highest BCUT2D eigenvalue weighted by molar-refractivity contribution is 5.92. The van der Waals surface area contributed by atoms with Crippen LogP contribution in [0.2, 0.25) is 0 Å². The van der Waals surface area contributed by atoms with E-state index in [9.17, 15) is 4.79 Å². The van der Waals surface area contributed by atoms with E-state index in [1.807, 2.05) is 48.4 Å². The van der Waals surface area contributed by atoms with E-state index in [1.165, 1.54) is 10.9 Å². The predicted octanol–water partition coefficient (Wildman–Crippen LogP) is 5.36. The third-order valence-electron chi connectivity index (χ3n) is 6.14. The molecule has 0 saturated heterocycles. The number of benzene rings is 2. The van der Waals surface area contributed by atoms with Crippen LogP contribution in [0.3, 0.4) is 0 Å². The van der Waals surface area contributed by atoms with Crippen LogP contribution < -0.4 is 5.32 Å². The van der Waals surface area contributed by atoms with E-state index < -0.39 is 0 Å². The van der Waals surface area contributed by atoms with Crippen molar-refractivity contribution in [2.45, 2.75) is 26.3 Å². The Morgan fingerprint density at radius 3 is 2.80 bits per heavy atom. The van der Waals surface area contributed by atoms with E-state index in [1.54, 1.807) is 6.20 Å². The minimum absolute atomic E-state index is 0.0955. The molecule has 0 radical (unpaired) electrons. The average molecular weight is 396 g/mol. The zero-order valence-electron chi connectivity index (χ0n) is 17.1. The number of carbonyl (C=O) groups is 1. The van der Waals surface area contributed by atoms with Gasteiger partial charge in [0.1, 0.15) is 6.04 Å². The van der Waals surface area contributed by atoms with E-state index >= 15 is 0 Å². The molecule has 0 spiro atoms. The predicted molar refractivity (Wildman–Crippen MR) is 120 cm³/mol. The SMILES string of the molecule is Cc1cccc(NC(=O)N2CCc3c([nH]c4ccccc34)C2c2cccnc2)c1C. The lowest BCUT2D eigenvalue weighted by molar-refractivity contribution is 0.193. The first-order valence-corrected chi connectivity index (χ1v) is 10.3. The van der Waals surface area contributed by atoms with E-state index in [2.05, 4.69) is 46.5 Å². The molecule has 1 unspecified atom stereocenters. The minimum Gasteiger partial charge on any atom is -0.356 e. The summed E-state index contributed by atoms with van der Waals surface area (Å²) < 4.78 is 0. The number of nitrogens with zero attached hydrogens (tertiary/aromatic N) is 2. The number of amides is 2. The van der Waals surface area contributed by atoms with E-state index in [0.717, 1.165) is 40.0 Å². The normalized spacial score (nSPS) is 15.8. The Morgan fingerprint density at radius 1 is 1.10 bits per heavy atom. The number of pyridine rings is 1. The molecule has 0 fully saturated rings. The van der Waals surface area contributed by atoms with Crippen LogP contribution in [0.4, 0.5) is 10.5 Å². The maximum Gasteiger partial charge on any atom is 0.322 e. The number of nitrogens with one attached hydrogen (secondary N) is 2. The van der Waals surface area contributed by atoms with Crippen LogP contribution in [0.25, 0.3) is 10.9 Å². The van der Waals surface area contributed by atoms with Crippen molar-refractivity contribution in [3.8, 4) is 0 Å². The Hall–Kier alpha value is -3.60. The number of hydrogen-bond acceptors (Lipinski definition) is 2. The Kier molecular flexibility index (Phi) is 4.51. The van der Waals surface area contributed by atoms with Gasteiger partial charge in [-0.1, -0.05) is 36.4 Å². The zero-order valence-corrected chi connectivity index (χ0v) is 17.1.